The highest BCUT2D eigenvalue weighted by molar-refractivity contribution is 4.94. The molecule has 1 aliphatic heterocycles. The molecule has 1 saturated carbocycles. The number of hydrogen-bond acceptors (Lipinski definition) is 2. The van der Waals surface area contributed by atoms with Gasteiger partial charge >= 0.3 is 0 Å². The fourth-order valence-corrected chi connectivity index (χ4v) is 1.81. The topological polar surface area (TPSA) is 23.5 Å². The minimum Gasteiger partial charge on any atom is -0.396 e. The number of hydrogen-bond donors (Lipinski definition) is 1. The van der Waals surface area contributed by atoms with E-state index in [0.29, 0.717) is 6.61 Å². The minimum atomic E-state index is 0.369. The molecule has 1 N–H and O–H groups in total. The molecule has 2 fully saturated rings. The van der Waals surface area contributed by atoms with Gasteiger partial charge in [0.25, 0.3) is 0 Å². The summed E-state index contributed by atoms with van der Waals surface area (Å²) in [4.78, 5) is 2.55. The number of likely N-dealkylation sites (tertiary alicyclic amines) is 1. The van der Waals surface area contributed by atoms with Crippen molar-refractivity contribution in [2.75, 3.05) is 13.2 Å². The highest BCUT2D eigenvalue weighted by Gasteiger charge is 2.38. The first-order valence-electron chi connectivity index (χ1n) is 4.28. The van der Waals surface area contributed by atoms with Crippen LogP contribution in [0.15, 0.2) is 0 Å². The zero-order chi connectivity index (χ0) is 6.97. The van der Waals surface area contributed by atoms with E-state index in [9.17, 15) is 0 Å². The Labute approximate surface area is 61.8 Å². The Morgan fingerprint density at radius 1 is 1.30 bits per heavy atom. The zero-order valence-corrected chi connectivity index (χ0v) is 6.29. The zero-order valence-electron chi connectivity index (χ0n) is 6.29. The van der Waals surface area contributed by atoms with E-state index in [2.05, 4.69) is 4.90 Å². The van der Waals surface area contributed by atoms with Gasteiger partial charge in [-0.3, -0.25) is 4.90 Å². The number of nitrogens with zero attached hydrogens (tertiary/aromatic N) is 1. The molecule has 2 aliphatic rings. The molecule has 0 radical (unpaired) electrons. The Kier molecular flexibility index (Phi) is 1.66. The molecular formula is C8H15NO. The monoisotopic (exact) mass is 141 g/mol. The second kappa shape index (κ2) is 2.51. The van der Waals surface area contributed by atoms with Gasteiger partial charge in [0, 0.05) is 25.2 Å². The molecule has 0 aromatic carbocycles. The Morgan fingerprint density at radius 3 is 2.50 bits per heavy atom. The van der Waals surface area contributed by atoms with Crippen molar-refractivity contribution in [3.63, 3.8) is 0 Å². The van der Waals surface area contributed by atoms with Gasteiger partial charge in [-0.05, 0) is 25.7 Å². The van der Waals surface area contributed by atoms with E-state index < -0.39 is 0 Å². The molecule has 1 aliphatic carbocycles. The van der Waals surface area contributed by atoms with Gasteiger partial charge in [-0.2, -0.15) is 0 Å². The predicted molar refractivity (Wildman–Crippen MR) is 39.8 cm³/mol. The molecule has 0 aromatic rings. The molecule has 0 spiro atoms. The number of rotatable bonds is 3. The molecule has 0 amide bonds. The average Bonchev–Trinajstić information content (AvgIpc) is 2.64. The van der Waals surface area contributed by atoms with Crippen LogP contribution in [0.1, 0.15) is 25.7 Å². The molecule has 0 bridgehead atoms. The summed E-state index contributed by atoms with van der Waals surface area (Å²) in [5.74, 6) is 0. The summed E-state index contributed by atoms with van der Waals surface area (Å²) < 4.78 is 0. The van der Waals surface area contributed by atoms with Gasteiger partial charge in [0.1, 0.15) is 0 Å². The molecule has 2 rings (SSSR count). The molecule has 10 heavy (non-hydrogen) atoms. The maximum Gasteiger partial charge on any atom is 0.0445 e. The summed E-state index contributed by atoms with van der Waals surface area (Å²) >= 11 is 0. The lowest BCUT2D eigenvalue weighted by molar-refractivity contribution is 0.0604. The van der Waals surface area contributed by atoms with Gasteiger partial charge in [0.2, 0.25) is 0 Å². The lowest BCUT2D eigenvalue weighted by Crippen LogP contribution is -2.49. The van der Waals surface area contributed by atoms with Gasteiger partial charge in [-0.15, -0.1) is 0 Å². The second-order valence-corrected chi connectivity index (χ2v) is 3.42. The molecular weight excluding hydrogens is 126 g/mol. The van der Waals surface area contributed by atoms with Crippen LogP contribution in [0.4, 0.5) is 0 Å². The fourth-order valence-electron chi connectivity index (χ4n) is 1.81. The first-order chi connectivity index (χ1) is 4.92. The van der Waals surface area contributed by atoms with Crippen molar-refractivity contribution in [1.82, 2.24) is 4.90 Å². The molecule has 1 atom stereocenters. The highest BCUT2D eigenvalue weighted by atomic mass is 16.3. The van der Waals surface area contributed by atoms with Crippen molar-refractivity contribution in [3.05, 3.63) is 0 Å². The predicted octanol–water partition coefficient (Wildman–Crippen LogP) is 0.605. The van der Waals surface area contributed by atoms with E-state index in [-0.39, 0.29) is 0 Å². The molecule has 2 nitrogen and oxygen atoms in total. The lowest BCUT2D eigenvalue weighted by Gasteiger charge is -2.41. The average molecular weight is 141 g/mol. The maximum atomic E-state index is 8.69. The number of aliphatic hydroxyl groups is 1. The SMILES string of the molecule is OCCC1CCN1C1CC1. The quantitative estimate of drug-likeness (QED) is 0.622. The third kappa shape index (κ3) is 1.06. The molecule has 2 heteroatoms. The van der Waals surface area contributed by atoms with Crippen LogP contribution in [0, 0.1) is 0 Å². The highest BCUT2D eigenvalue weighted by Crippen LogP contribution is 2.35. The minimum absolute atomic E-state index is 0.369. The van der Waals surface area contributed by atoms with Gasteiger partial charge < -0.3 is 5.11 Å². The Bertz CT molecular complexity index is 122. The van der Waals surface area contributed by atoms with Crippen LogP contribution in [0.2, 0.25) is 0 Å². The van der Waals surface area contributed by atoms with E-state index >= 15 is 0 Å². The van der Waals surface area contributed by atoms with E-state index in [4.69, 9.17) is 5.11 Å². The Hall–Kier alpha value is -0.0800. The van der Waals surface area contributed by atoms with Crippen LogP contribution in [-0.4, -0.2) is 35.2 Å². The normalized spacial score (nSPS) is 33.9. The first kappa shape index (κ1) is 6.62. The smallest absolute Gasteiger partial charge is 0.0445 e. The van der Waals surface area contributed by atoms with E-state index in [1.54, 1.807) is 0 Å². The fraction of sp³-hybridized carbons (Fsp3) is 1.00. The standard InChI is InChI=1S/C8H15NO/c10-6-4-8-3-5-9(8)7-1-2-7/h7-8,10H,1-6H2. The molecule has 1 heterocycles. The Balaban J connectivity index is 1.76. The van der Waals surface area contributed by atoms with Gasteiger partial charge in [-0.1, -0.05) is 0 Å². The van der Waals surface area contributed by atoms with Crippen LogP contribution < -0.4 is 0 Å². The van der Waals surface area contributed by atoms with Crippen molar-refractivity contribution >= 4 is 0 Å². The van der Waals surface area contributed by atoms with E-state index in [0.717, 1.165) is 18.5 Å². The summed E-state index contributed by atoms with van der Waals surface area (Å²) in [6.07, 6.45) is 5.12. The van der Waals surface area contributed by atoms with Crippen LogP contribution in [0.5, 0.6) is 0 Å². The molecule has 1 unspecified atom stereocenters. The summed E-state index contributed by atoms with van der Waals surface area (Å²) in [6, 6.07) is 1.64. The van der Waals surface area contributed by atoms with Crippen LogP contribution in [-0.2, 0) is 0 Å². The third-order valence-corrected chi connectivity index (χ3v) is 2.67. The maximum absolute atomic E-state index is 8.69. The largest absolute Gasteiger partial charge is 0.396 e. The number of aliphatic hydroxyl groups excluding tert-OH is 1. The van der Waals surface area contributed by atoms with Crippen molar-refractivity contribution in [2.24, 2.45) is 0 Å². The van der Waals surface area contributed by atoms with E-state index in [1.165, 1.54) is 25.8 Å². The van der Waals surface area contributed by atoms with Crippen molar-refractivity contribution in [2.45, 2.75) is 37.8 Å². The molecule has 1 saturated heterocycles. The van der Waals surface area contributed by atoms with Gasteiger partial charge in [0.15, 0.2) is 0 Å². The summed E-state index contributed by atoms with van der Waals surface area (Å²) in [6.45, 7) is 1.66. The molecule has 0 aromatic heterocycles. The van der Waals surface area contributed by atoms with E-state index in [1.807, 2.05) is 0 Å². The third-order valence-electron chi connectivity index (χ3n) is 2.67. The summed E-state index contributed by atoms with van der Waals surface area (Å²) in [7, 11) is 0. The lowest BCUT2D eigenvalue weighted by atomic mass is 10.00. The summed E-state index contributed by atoms with van der Waals surface area (Å²) in [5, 5.41) is 8.69. The van der Waals surface area contributed by atoms with Crippen LogP contribution >= 0.6 is 0 Å². The summed E-state index contributed by atoms with van der Waals surface area (Å²) in [5.41, 5.74) is 0. The van der Waals surface area contributed by atoms with Crippen LogP contribution in [0.25, 0.3) is 0 Å². The second-order valence-electron chi connectivity index (χ2n) is 3.42. The van der Waals surface area contributed by atoms with Crippen molar-refractivity contribution in [3.8, 4) is 0 Å². The first-order valence-corrected chi connectivity index (χ1v) is 4.28. The van der Waals surface area contributed by atoms with Gasteiger partial charge in [0.05, 0.1) is 0 Å². The Morgan fingerprint density at radius 2 is 2.10 bits per heavy atom. The van der Waals surface area contributed by atoms with Crippen LogP contribution in [0.3, 0.4) is 0 Å². The van der Waals surface area contributed by atoms with Crippen molar-refractivity contribution in [1.29, 1.82) is 0 Å². The molecule has 58 valence electrons. The van der Waals surface area contributed by atoms with Gasteiger partial charge in [-0.25, -0.2) is 0 Å². The van der Waals surface area contributed by atoms with Crippen molar-refractivity contribution < 1.29 is 5.11 Å².